The summed E-state index contributed by atoms with van der Waals surface area (Å²) >= 11 is 0. The van der Waals surface area contributed by atoms with Crippen LogP contribution in [0.1, 0.15) is 0 Å². The topological polar surface area (TPSA) is 74.5 Å². The minimum atomic E-state index is -0.438. The molecule has 0 unspecified atom stereocenters. The van der Waals surface area contributed by atoms with E-state index in [1.807, 2.05) is 60.7 Å². The van der Waals surface area contributed by atoms with Crippen molar-refractivity contribution >= 4 is 16.8 Å². The maximum absolute atomic E-state index is 13.0. The number of H-pyrrole nitrogens is 1. The number of para-hydroxylation sites is 2. The van der Waals surface area contributed by atoms with Gasteiger partial charge in [-0.25, -0.2) is 9.78 Å². The molecule has 4 aromatic rings. The Morgan fingerprint density at radius 3 is 2.29 bits per heavy atom. The molecule has 0 aliphatic rings. The summed E-state index contributed by atoms with van der Waals surface area (Å²) in [5.41, 5.74) is 3.80. The highest BCUT2D eigenvalue weighted by Crippen LogP contribution is 2.14. The first-order valence-corrected chi connectivity index (χ1v) is 8.82. The lowest BCUT2D eigenvalue weighted by molar-refractivity contribution is -0.337. The lowest BCUT2D eigenvalue weighted by Crippen LogP contribution is -2.40. The zero-order valence-corrected chi connectivity index (χ0v) is 15.0. The Hall–Kier alpha value is -3.93. The molecule has 3 aromatic carbocycles. The van der Waals surface area contributed by atoms with Gasteiger partial charge in [-0.15, -0.1) is 0 Å². The first-order valence-electron chi connectivity index (χ1n) is 8.82. The van der Waals surface area contributed by atoms with Crippen LogP contribution in [0.15, 0.2) is 89.7 Å². The molecule has 1 amide bonds. The summed E-state index contributed by atoms with van der Waals surface area (Å²) in [4.78, 5) is 28.7. The van der Waals surface area contributed by atoms with E-state index in [1.54, 1.807) is 24.3 Å². The Morgan fingerprint density at radius 2 is 1.54 bits per heavy atom. The molecule has 2 N–H and O–H groups in total. The molecule has 0 aliphatic carbocycles. The van der Waals surface area contributed by atoms with E-state index in [4.69, 9.17) is 4.74 Å². The van der Waals surface area contributed by atoms with Crippen molar-refractivity contribution in [3.05, 3.63) is 95.3 Å². The maximum atomic E-state index is 13.0. The monoisotopic (exact) mass is 372 g/mol. The van der Waals surface area contributed by atoms with Gasteiger partial charge < -0.3 is 4.74 Å². The normalized spacial score (nSPS) is 10.6. The second kappa shape index (κ2) is 7.75. The third-order valence-corrected chi connectivity index (χ3v) is 4.23. The van der Waals surface area contributed by atoms with Gasteiger partial charge in [0.25, 0.3) is 5.91 Å². The van der Waals surface area contributed by atoms with Crippen molar-refractivity contribution in [3.63, 3.8) is 0 Å². The highest BCUT2D eigenvalue weighted by Gasteiger charge is 2.22. The van der Waals surface area contributed by atoms with Gasteiger partial charge in [0, 0.05) is 0 Å². The van der Waals surface area contributed by atoms with Gasteiger partial charge in [0.2, 0.25) is 0 Å². The molecule has 0 radical (unpaired) electrons. The molecule has 0 saturated carbocycles. The van der Waals surface area contributed by atoms with Crippen LogP contribution in [0.25, 0.3) is 22.3 Å². The molecule has 0 fully saturated rings. The van der Waals surface area contributed by atoms with Gasteiger partial charge in [-0.3, -0.25) is 4.79 Å². The van der Waals surface area contributed by atoms with Crippen LogP contribution in [-0.2, 0) is 4.79 Å². The number of amides is 1. The number of aromatic amines is 1. The fraction of sp³-hybridized carbons (Fsp3) is 0.0455. The van der Waals surface area contributed by atoms with Crippen LogP contribution in [0, 0.1) is 0 Å². The van der Waals surface area contributed by atoms with Crippen LogP contribution in [-0.4, -0.2) is 17.2 Å². The fourth-order valence-electron chi connectivity index (χ4n) is 2.91. The van der Waals surface area contributed by atoms with E-state index in [0.29, 0.717) is 22.5 Å². The van der Waals surface area contributed by atoms with Crippen LogP contribution < -0.4 is 20.7 Å². The largest absolute Gasteiger partial charge is 0.484 e. The van der Waals surface area contributed by atoms with Gasteiger partial charge in [-0.1, -0.05) is 53.2 Å². The third kappa shape index (κ3) is 3.61. The summed E-state index contributed by atoms with van der Waals surface area (Å²) in [6.07, 6.45) is 0. The van der Waals surface area contributed by atoms with E-state index >= 15 is 0 Å². The third-order valence-electron chi connectivity index (χ3n) is 4.23. The van der Waals surface area contributed by atoms with Crippen LogP contribution >= 0.6 is 0 Å². The van der Waals surface area contributed by atoms with E-state index in [9.17, 15) is 9.59 Å². The predicted octanol–water partition coefficient (Wildman–Crippen LogP) is 2.63. The number of fused-ring (bicyclic) bond motifs is 1. The molecular weight excluding hydrogens is 354 g/mol. The molecule has 0 atom stereocenters. The van der Waals surface area contributed by atoms with Crippen molar-refractivity contribution in [1.82, 2.24) is 4.68 Å². The first-order chi connectivity index (χ1) is 13.7. The number of rotatable bonds is 5. The smallest absolute Gasteiger partial charge is 0.369 e. The van der Waals surface area contributed by atoms with Gasteiger partial charge in [-0.05, 0) is 36.4 Å². The summed E-state index contributed by atoms with van der Waals surface area (Å²) in [6, 6.07) is 25.6. The van der Waals surface area contributed by atoms with Crippen molar-refractivity contribution in [2.75, 3.05) is 12.0 Å². The molecule has 138 valence electrons. The Labute approximate surface area is 161 Å². The fourth-order valence-corrected chi connectivity index (χ4v) is 2.91. The summed E-state index contributed by atoms with van der Waals surface area (Å²) in [5.74, 6) is 0.627. The molecule has 0 aliphatic heterocycles. The summed E-state index contributed by atoms with van der Waals surface area (Å²) < 4.78 is 6.71. The van der Waals surface area contributed by atoms with E-state index in [1.165, 1.54) is 4.68 Å². The number of hydrogen-bond acceptors (Lipinski definition) is 3. The summed E-state index contributed by atoms with van der Waals surface area (Å²) in [6.45, 7) is -0.211. The van der Waals surface area contributed by atoms with E-state index < -0.39 is 5.91 Å². The summed E-state index contributed by atoms with van der Waals surface area (Å²) in [7, 11) is 0. The lowest BCUT2D eigenvalue weighted by atomic mass is 10.2. The molecule has 1 aromatic heterocycles. The Balaban J connectivity index is 1.69. The highest BCUT2D eigenvalue weighted by molar-refractivity contribution is 5.86. The van der Waals surface area contributed by atoms with Gasteiger partial charge in [0.1, 0.15) is 16.7 Å². The molecule has 0 spiro atoms. The number of nitrogens with one attached hydrogen (secondary N) is 2. The Bertz CT molecular complexity index is 1170. The van der Waals surface area contributed by atoms with Crippen LogP contribution in [0.2, 0.25) is 0 Å². The Morgan fingerprint density at radius 1 is 0.893 bits per heavy atom. The van der Waals surface area contributed by atoms with Crippen LogP contribution in [0.4, 0.5) is 0 Å². The van der Waals surface area contributed by atoms with E-state index in [0.717, 1.165) is 5.56 Å². The van der Waals surface area contributed by atoms with Gasteiger partial charge >= 0.3 is 11.4 Å². The first kappa shape index (κ1) is 17.5. The van der Waals surface area contributed by atoms with Crippen molar-refractivity contribution in [3.8, 4) is 17.1 Å². The number of carbonyl (C=O) groups excluding carboxylic acids is 1. The molecule has 1 heterocycles. The lowest BCUT2D eigenvalue weighted by Gasteiger charge is -2.09. The molecular formula is C22H18N3O3+. The maximum Gasteiger partial charge on any atom is 0.369 e. The number of benzene rings is 3. The van der Waals surface area contributed by atoms with Gasteiger partial charge in [0.05, 0.1) is 5.56 Å². The second-order valence-electron chi connectivity index (χ2n) is 6.16. The number of nitrogens with zero attached hydrogens (tertiary/aromatic N) is 1. The molecule has 6 nitrogen and oxygen atoms in total. The average molecular weight is 372 g/mol. The SMILES string of the molecule is O=C(COc1ccccc1)Nn1c(-c2ccccc2)[nH+]c2ccccc2c1=O. The van der Waals surface area contributed by atoms with Crippen LogP contribution in [0.5, 0.6) is 5.75 Å². The predicted molar refractivity (Wildman–Crippen MR) is 107 cm³/mol. The van der Waals surface area contributed by atoms with Gasteiger partial charge in [-0.2, -0.15) is 5.43 Å². The zero-order valence-electron chi connectivity index (χ0n) is 15.0. The van der Waals surface area contributed by atoms with E-state index in [2.05, 4.69) is 10.4 Å². The number of hydrogen-bond donors (Lipinski definition) is 1. The van der Waals surface area contributed by atoms with Crippen molar-refractivity contribution in [2.24, 2.45) is 0 Å². The number of aromatic nitrogens is 2. The van der Waals surface area contributed by atoms with Crippen LogP contribution in [0.3, 0.4) is 0 Å². The van der Waals surface area contributed by atoms with Gasteiger partial charge in [0.15, 0.2) is 6.61 Å². The van der Waals surface area contributed by atoms with Crippen molar-refractivity contribution in [1.29, 1.82) is 0 Å². The molecule has 6 heteroatoms. The second-order valence-corrected chi connectivity index (χ2v) is 6.16. The molecule has 4 rings (SSSR count). The quantitative estimate of drug-likeness (QED) is 0.585. The summed E-state index contributed by atoms with van der Waals surface area (Å²) in [5, 5.41) is 0.478. The average Bonchev–Trinajstić information content (AvgIpc) is 2.75. The standard InChI is InChI=1S/C22H17N3O3/c26-20(15-28-17-11-5-2-6-12-17)24-25-21(16-9-3-1-4-10-16)23-19-14-8-7-13-18(19)22(25)27/h1-14H,15H2,(H,24,26)/p+1. The van der Waals surface area contributed by atoms with Crippen molar-refractivity contribution in [2.45, 2.75) is 0 Å². The molecule has 28 heavy (non-hydrogen) atoms. The number of carbonyl (C=O) groups is 1. The Kier molecular flexibility index (Phi) is 4.84. The minimum absolute atomic E-state index is 0.211. The number of ether oxygens (including phenoxy) is 1. The zero-order chi connectivity index (χ0) is 19.3. The van der Waals surface area contributed by atoms with E-state index in [-0.39, 0.29) is 12.2 Å². The van der Waals surface area contributed by atoms with Crippen molar-refractivity contribution < 1.29 is 14.5 Å². The molecule has 0 saturated heterocycles. The highest BCUT2D eigenvalue weighted by atomic mass is 16.5. The molecule has 0 bridgehead atoms. The minimum Gasteiger partial charge on any atom is -0.484 e.